The smallest absolute Gasteiger partial charge is 0.411 e. The first-order valence-corrected chi connectivity index (χ1v) is 11.4. The zero-order chi connectivity index (χ0) is 24.9. The largest absolute Gasteiger partial charge is 0.467 e. The molecule has 0 bridgehead atoms. The quantitative estimate of drug-likeness (QED) is 0.478. The Bertz CT molecular complexity index is 900. The molecule has 34 heavy (non-hydrogen) atoms. The number of esters is 1. The molecule has 2 N–H and O–H groups in total. The van der Waals surface area contributed by atoms with Crippen LogP contribution in [0.15, 0.2) is 30.3 Å². The monoisotopic (exact) mass is 475 g/mol. The number of carbonyl (C=O) groups is 4. The van der Waals surface area contributed by atoms with Crippen LogP contribution in [0.4, 0.5) is 9.59 Å². The highest BCUT2D eigenvalue weighted by atomic mass is 16.6. The molecule has 0 aromatic heterocycles. The summed E-state index contributed by atoms with van der Waals surface area (Å²) in [6.07, 6.45) is 0.302. The number of rotatable bonds is 6. The first-order valence-electron chi connectivity index (χ1n) is 11.4. The summed E-state index contributed by atoms with van der Waals surface area (Å²) < 4.78 is 15.5. The summed E-state index contributed by atoms with van der Waals surface area (Å²) in [7, 11) is 1.25. The van der Waals surface area contributed by atoms with Crippen LogP contribution in [0.25, 0.3) is 0 Å². The molecule has 1 aromatic rings. The third kappa shape index (κ3) is 6.61. The predicted molar refractivity (Wildman–Crippen MR) is 122 cm³/mol. The number of alkyl carbamates (subject to hydrolysis) is 1. The van der Waals surface area contributed by atoms with Crippen molar-refractivity contribution in [1.82, 2.24) is 15.5 Å². The van der Waals surface area contributed by atoms with Crippen molar-refractivity contribution >= 4 is 24.1 Å². The van der Waals surface area contributed by atoms with Gasteiger partial charge in [-0.1, -0.05) is 30.3 Å². The van der Waals surface area contributed by atoms with Gasteiger partial charge in [-0.2, -0.15) is 0 Å². The van der Waals surface area contributed by atoms with E-state index < -0.39 is 41.8 Å². The van der Waals surface area contributed by atoms with Crippen LogP contribution in [0.1, 0.15) is 45.6 Å². The molecule has 0 spiro atoms. The molecular formula is C24H33N3O7. The maximum absolute atomic E-state index is 12.8. The second-order valence-electron chi connectivity index (χ2n) is 9.61. The summed E-state index contributed by atoms with van der Waals surface area (Å²) in [6, 6.07) is 7.71. The number of nitrogens with zero attached hydrogens (tertiary/aromatic N) is 1. The van der Waals surface area contributed by atoms with Gasteiger partial charge in [0.05, 0.1) is 13.0 Å². The summed E-state index contributed by atoms with van der Waals surface area (Å²) in [5.41, 5.74) is 0.149. The lowest BCUT2D eigenvalue weighted by molar-refractivity contribution is -0.145. The number of hydrogen-bond donors (Lipinski definition) is 2. The SMILES string of the molecule is COC(=O)[C@@H]1C[C@H](NC(=O)[C@H]2CC[C@@H]2NC(=O)OCc2ccccc2)CN1C(=O)OC(C)(C)C. The summed E-state index contributed by atoms with van der Waals surface area (Å²) in [6.45, 7) is 5.49. The minimum Gasteiger partial charge on any atom is -0.467 e. The van der Waals surface area contributed by atoms with E-state index in [0.717, 1.165) is 5.56 Å². The number of ether oxygens (including phenoxy) is 3. The molecule has 0 unspecified atom stereocenters. The van der Waals surface area contributed by atoms with Crippen molar-refractivity contribution < 1.29 is 33.4 Å². The Morgan fingerprint density at radius 2 is 1.76 bits per heavy atom. The number of methoxy groups -OCH3 is 1. The molecule has 3 rings (SSSR count). The number of hydrogen-bond acceptors (Lipinski definition) is 7. The number of nitrogens with one attached hydrogen (secondary N) is 2. The Kier molecular flexibility index (Phi) is 8.01. The van der Waals surface area contributed by atoms with Crippen molar-refractivity contribution in [1.29, 1.82) is 0 Å². The molecule has 0 radical (unpaired) electrons. The van der Waals surface area contributed by atoms with E-state index in [-0.39, 0.29) is 31.5 Å². The molecule has 10 heteroatoms. The fraction of sp³-hybridized carbons (Fsp3) is 0.583. The Morgan fingerprint density at radius 1 is 1.06 bits per heavy atom. The van der Waals surface area contributed by atoms with E-state index >= 15 is 0 Å². The van der Waals surface area contributed by atoms with Crippen LogP contribution in [-0.2, 0) is 30.4 Å². The maximum atomic E-state index is 12.8. The molecule has 4 atom stereocenters. The van der Waals surface area contributed by atoms with E-state index in [0.29, 0.717) is 12.8 Å². The highest BCUT2D eigenvalue weighted by Gasteiger charge is 2.44. The molecule has 10 nitrogen and oxygen atoms in total. The lowest BCUT2D eigenvalue weighted by Crippen LogP contribution is -2.54. The molecular weight excluding hydrogens is 442 g/mol. The van der Waals surface area contributed by atoms with Crippen molar-refractivity contribution in [2.24, 2.45) is 5.92 Å². The standard InChI is InChI=1S/C24H33N3O7/c1-24(2,3)34-23(31)27-13-16(12-19(27)21(29)32-4)25-20(28)17-10-11-18(17)26-22(30)33-14-15-8-6-5-7-9-15/h5-9,16-19H,10-14H2,1-4H3,(H,25,28)(H,26,30)/t16-,17-,18-,19-/m0/s1. The molecule has 1 saturated carbocycles. The van der Waals surface area contributed by atoms with E-state index in [2.05, 4.69) is 10.6 Å². The van der Waals surface area contributed by atoms with Crippen LogP contribution in [0.3, 0.4) is 0 Å². The number of benzene rings is 1. The zero-order valence-corrected chi connectivity index (χ0v) is 20.0. The molecule has 2 fully saturated rings. The average molecular weight is 476 g/mol. The van der Waals surface area contributed by atoms with Gasteiger partial charge in [-0.3, -0.25) is 9.69 Å². The molecule has 1 aliphatic heterocycles. The van der Waals surface area contributed by atoms with Gasteiger partial charge in [-0.25, -0.2) is 14.4 Å². The maximum Gasteiger partial charge on any atom is 0.411 e. The Morgan fingerprint density at radius 3 is 2.35 bits per heavy atom. The van der Waals surface area contributed by atoms with Crippen LogP contribution >= 0.6 is 0 Å². The first kappa shape index (κ1) is 25.3. The normalized spacial score (nSPS) is 23.9. The fourth-order valence-corrected chi connectivity index (χ4v) is 4.03. The minimum absolute atomic E-state index is 0.129. The van der Waals surface area contributed by atoms with Crippen molar-refractivity contribution in [2.75, 3.05) is 13.7 Å². The van der Waals surface area contributed by atoms with Gasteiger partial charge in [0, 0.05) is 25.0 Å². The number of carbonyl (C=O) groups excluding carboxylic acids is 4. The number of likely N-dealkylation sites (tertiary alicyclic amines) is 1. The second-order valence-corrected chi connectivity index (χ2v) is 9.61. The van der Waals surface area contributed by atoms with Gasteiger partial charge in [0.15, 0.2) is 0 Å². The van der Waals surface area contributed by atoms with E-state index in [1.54, 1.807) is 20.8 Å². The van der Waals surface area contributed by atoms with Crippen molar-refractivity contribution in [3.8, 4) is 0 Å². The zero-order valence-electron chi connectivity index (χ0n) is 20.0. The molecule has 2 aliphatic rings. The molecule has 3 amide bonds. The summed E-state index contributed by atoms with van der Waals surface area (Å²) in [4.78, 5) is 51.1. The molecule has 186 valence electrons. The highest BCUT2D eigenvalue weighted by molar-refractivity contribution is 5.84. The van der Waals surface area contributed by atoms with Crippen LogP contribution in [-0.4, -0.2) is 66.3 Å². The average Bonchev–Trinajstić information content (AvgIpc) is 3.18. The van der Waals surface area contributed by atoms with E-state index in [1.807, 2.05) is 30.3 Å². The Balaban J connectivity index is 1.51. The van der Waals surface area contributed by atoms with Gasteiger partial charge in [0.2, 0.25) is 5.91 Å². The Hall–Kier alpha value is -3.30. The lowest BCUT2D eigenvalue weighted by Gasteiger charge is -2.36. The van der Waals surface area contributed by atoms with Crippen LogP contribution in [0, 0.1) is 5.92 Å². The second kappa shape index (κ2) is 10.8. The van der Waals surface area contributed by atoms with Crippen molar-refractivity contribution in [3.05, 3.63) is 35.9 Å². The molecule has 1 heterocycles. The van der Waals surface area contributed by atoms with Crippen molar-refractivity contribution in [3.63, 3.8) is 0 Å². The minimum atomic E-state index is -0.839. The van der Waals surface area contributed by atoms with Gasteiger partial charge < -0.3 is 24.8 Å². The van der Waals surface area contributed by atoms with Crippen LogP contribution in [0.5, 0.6) is 0 Å². The molecule has 1 aliphatic carbocycles. The number of amides is 3. The molecule has 1 saturated heterocycles. The van der Waals surface area contributed by atoms with Gasteiger partial charge in [-0.05, 0) is 39.2 Å². The van der Waals surface area contributed by atoms with Gasteiger partial charge in [-0.15, -0.1) is 0 Å². The van der Waals surface area contributed by atoms with Crippen molar-refractivity contribution in [2.45, 2.75) is 70.4 Å². The highest BCUT2D eigenvalue weighted by Crippen LogP contribution is 2.29. The third-order valence-electron chi connectivity index (χ3n) is 5.88. The third-order valence-corrected chi connectivity index (χ3v) is 5.88. The van der Waals surface area contributed by atoms with E-state index in [4.69, 9.17) is 14.2 Å². The van der Waals surface area contributed by atoms with Gasteiger partial charge >= 0.3 is 18.2 Å². The summed E-state index contributed by atoms with van der Waals surface area (Å²) in [5, 5.41) is 5.66. The van der Waals surface area contributed by atoms with E-state index in [9.17, 15) is 19.2 Å². The van der Waals surface area contributed by atoms with Crippen LogP contribution < -0.4 is 10.6 Å². The first-order chi connectivity index (χ1) is 16.1. The summed E-state index contributed by atoms with van der Waals surface area (Å²) in [5.74, 6) is -1.21. The lowest BCUT2D eigenvalue weighted by atomic mass is 9.79. The Labute approximate surface area is 199 Å². The fourth-order valence-electron chi connectivity index (χ4n) is 4.03. The van der Waals surface area contributed by atoms with Crippen LogP contribution in [0.2, 0.25) is 0 Å². The van der Waals surface area contributed by atoms with Gasteiger partial charge in [0.25, 0.3) is 0 Å². The molecule has 1 aromatic carbocycles. The topological polar surface area (TPSA) is 123 Å². The van der Waals surface area contributed by atoms with E-state index in [1.165, 1.54) is 12.0 Å². The predicted octanol–water partition coefficient (Wildman–Crippen LogP) is 2.36. The van der Waals surface area contributed by atoms with Gasteiger partial charge in [0.1, 0.15) is 18.2 Å². The summed E-state index contributed by atoms with van der Waals surface area (Å²) >= 11 is 0.